The van der Waals surface area contributed by atoms with Gasteiger partial charge in [0.2, 0.25) is 0 Å². The summed E-state index contributed by atoms with van der Waals surface area (Å²) in [5.41, 5.74) is 4.45. The molecule has 4 fully saturated rings. The van der Waals surface area contributed by atoms with E-state index in [0.717, 1.165) is 18.9 Å². The molecule has 0 unspecified atom stereocenters. The molecule has 1 aromatic rings. The molecule has 4 bridgehead atoms. The van der Waals surface area contributed by atoms with Crippen LogP contribution in [0.15, 0.2) is 35.9 Å². The molecule has 3 heteroatoms. The fourth-order valence-electron chi connectivity index (χ4n) is 6.68. The summed E-state index contributed by atoms with van der Waals surface area (Å²) in [5.74, 6) is 1.36. The highest BCUT2D eigenvalue weighted by Crippen LogP contribution is 2.71. The summed E-state index contributed by atoms with van der Waals surface area (Å²) in [6.07, 6.45) is 5.07. The number of para-hydroxylation sites is 1. The Kier molecular flexibility index (Phi) is 1.90. The van der Waals surface area contributed by atoms with Gasteiger partial charge in [-0.1, -0.05) is 36.8 Å². The number of allylic oxidation sites excluding steroid dienone is 1. The van der Waals surface area contributed by atoms with Crippen molar-refractivity contribution in [2.75, 3.05) is 11.9 Å². The standard InChI is InChI=1S/C19H22N2O/c1-3-12-10-21-16-8-13(12)11(2)18-9-17(21)22-19(16,18)20-15-7-5-4-6-14(15)18/h3-7,11,13,16-17,20H,8-10H2,1-2H3/b12-3+/t11-,13-,16+,17-,18+,19-/m1/s1. The lowest BCUT2D eigenvalue weighted by molar-refractivity contribution is -0.0617. The average Bonchev–Trinajstić information content (AvgIpc) is 3.14. The molecule has 3 nitrogen and oxygen atoms in total. The summed E-state index contributed by atoms with van der Waals surface area (Å²) < 4.78 is 6.71. The van der Waals surface area contributed by atoms with Gasteiger partial charge in [-0.15, -0.1) is 0 Å². The van der Waals surface area contributed by atoms with Crippen LogP contribution in [0.2, 0.25) is 0 Å². The van der Waals surface area contributed by atoms with Gasteiger partial charge in [0, 0.05) is 18.7 Å². The number of piperidine rings is 2. The molecule has 1 spiro atoms. The van der Waals surface area contributed by atoms with E-state index in [1.807, 2.05) is 0 Å². The average molecular weight is 294 g/mol. The maximum Gasteiger partial charge on any atom is 0.166 e. The van der Waals surface area contributed by atoms with Crippen molar-refractivity contribution < 1.29 is 4.74 Å². The van der Waals surface area contributed by atoms with Crippen LogP contribution in [0, 0.1) is 11.8 Å². The minimum Gasteiger partial charge on any atom is -0.355 e. The van der Waals surface area contributed by atoms with Gasteiger partial charge < -0.3 is 10.1 Å². The zero-order valence-corrected chi connectivity index (χ0v) is 13.2. The number of anilines is 1. The number of hydrogen-bond acceptors (Lipinski definition) is 3. The first-order valence-electron chi connectivity index (χ1n) is 8.67. The van der Waals surface area contributed by atoms with E-state index >= 15 is 0 Å². The van der Waals surface area contributed by atoms with Gasteiger partial charge in [0.25, 0.3) is 0 Å². The SMILES string of the molecule is C/C=C1\CN2[C@H]3C[C@@H]1[C@@H](C)[C@]14C[C@H]2O[C@]31Nc1ccccc14. The molecule has 114 valence electrons. The molecule has 0 amide bonds. The number of ether oxygens (including phenoxy) is 1. The molecule has 4 heterocycles. The largest absolute Gasteiger partial charge is 0.355 e. The van der Waals surface area contributed by atoms with Crippen LogP contribution in [0.25, 0.3) is 0 Å². The molecule has 1 aliphatic carbocycles. The van der Waals surface area contributed by atoms with Gasteiger partial charge >= 0.3 is 0 Å². The highest BCUT2D eigenvalue weighted by molar-refractivity contribution is 5.67. The molecule has 0 radical (unpaired) electrons. The second kappa shape index (κ2) is 3.44. The maximum absolute atomic E-state index is 6.71. The zero-order valence-electron chi connectivity index (χ0n) is 13.2. The van der Waals surface area contributed by atoms with E-state index in [1.54, 1.807) is 5.57 Å². The Morgan fingerprint density at radius 1 is 1.36 bits per heavy atom. The number of fused-ring (bicyclic) bond motifs is 4. The molecular formula is C19H22N2O. The second-order valence-electron chi connectivity index (χ2n) is 7.84. The third-order valence-electron chi connectivity index (χ3n) is 7.52. The minimum absolute atomic E-state index is 0.160. The number of hydrogen-bond donors (Lipinski definition) is 1. The third-order valence-corrected chi connectivity index (χ3v) is 7.52. The molecule has 22 heavy (non-hydrogen) atoms. The predicted octanol–water partition coefficient (Wildman–Crippen LogP) is 3.09. The molecule has 1 N–H and O–H groups in total. The molecule has 0 aromatic heterocycles. The molecule has 3 saturated heterocycles. The Hall–Kier alpha value is -1.32. The van der Waals surface area contributed by atoms with E-state index in [9.17, 15) is 0 Å². The minimum atomic E-state index is -0.170. The lowest BCUT2D eigenvalue weighted by Gasteiger charge is -2.60. The van der Waals surface area contributed by atoms with Crippen molar-refractivity contribution >= 4 is 5.69 Å². The molecule has 4 aliphatic heterocycles. The van der Waals surface area contributed by atoms with Crippen LogP contribution in [0.3, 0.4) is 0 Å². The Labute approximate surface area is 131 Å². The molecule has 6 atom stereocenters. The number of rotatable bonds is 0. The van der Waals surface area contributed by atoms with Crippen molar-refractivity contribution in [3.05, 3.63) is 41.5 Å². The van der Waals surface area contributed by atoms with E-state index in [-0.39, 0.29) is 11.1 Å². The normalized spacial score (nSPS) is 52.0. The lowest BCUT2D eigenvalue weighted by atomic mass is 9.50. The van der Waals surface area contributed by atoms with E-state index < -0.39 is 0 Å². The van der Waals surface area contributed by atoms with Gasteiger partial charge in [0.05, 0.1) is 11.5 Å². The summed E-state index contributed by atoms with van der Waals surface area (Å²) in [6, 6.07) is 9.46. The lowest BCUT2D eigenvalue weighted by Crippen LogP contribution is -2.71. The topological polar surface area (TPSA) is 24.5 Å². The first-order chi connectivity index (χ1) is 10.7. The highest BCUT2D eigenvalue weighted by atomic mass is 16.6. The third kappa shape index (κ3) is 0.968. The van der Waals surface area contributed by atoms with E-state index in [4.69, 9.17) is 4.74 Å². The van der Waals surface area contributed by atoms with Crippen molar-refractivity contribution in [3.8, 4) is 0 Å². The molecule has 1 saturated carbocycles. The van der Waals surface area contributed by atoms with Gasteiger partial charge in [-0.05, 0) is 36.8 Å². The van der Waals surface area contributed by atoms with Gasteiger partial charge in [0.1, 0.15) is 6.23 Å². The van der Waals surface area contributed by atoms with Crippen LogP contribution in [0.5, 0.6) is 0 Å². The number of benzene rings is 1. The van der Waals surface area contributed by atoms with Crippen molar-refractivity contribution in [2.24, 2.45) is 11.8 Å². The van der Waals surface area contributed by atoms with Crippen molar-refractivity contribution in [1.29, 1.82) is 0 Å². The van der Waals surface area contributed by atoms with Gasteiger partial charge in [-0.3, -0.25) is 4.90 Å². The molecule has 5 aliphatic rings. The Morgan fingerprint density at radius 2 is 2.23 bits per heavy atom. The van der Waals surface area contributed by atoms with Crippen molar-refractivity contribution in [2.45, 2.75) is 50.1 Å². The summed E-state index contributed by atoms with van der Waals surface area (Å²) in [5, 5.41) is 3.86. The van der Waals surface area contributed by atoms with Gasteiger partial charge in [0.15, 0.2) is 5.72 Å². The first kappa shape index (κ1) is 12.1. The van der Waals surface area contributed by atoms with Crippen molar-refractivity contribution in [1.82, 2.24) is 4.90 Å². The maximum atomic E-state index is 6.71. The van der Waals surface area contributed by atoms with Crippen LogP contribution in [-0.4, -0.2) is 29.4 Å². The van der Waals surface area contributed by atoms with Gasteiger partial charge in [-0.2, -0.15) is 0 Å². The Bertz CT molecular complexity index is 728. The predicted molar refractivity (Wildman–Crippen MR) is 85.5 cm³/mol. The quantitative estimate of drug-likeness (QED) is 0.744. The monoisotopic (exact) mass is 294 g/mol. The second-order valence-corrected chi connectivity index (χ2v) is 7.84. The molecular weight excluding hydrogens is 272 g/mol. The molecule has 6 rings (SSSR count). The zero-order chi connectivity index (χ0) is 14.7. The summed E-state index contributed by atoms with van der Waals surface area (Å²) >= 11 is 0. The fraction of sp³-hybridized carbons (Fsp3) is 0.579. The highest BCUT2D eigenvalue weighted by Gasteiger charge is 2.79. The smallest absolute Gasteiger partial charge is 0.166 e. The molecule has 1 aromatic carbocycles. The van der Waals surface area contributed by atoms with Crippen LogP contribution in [0.1, 0.15) is 32.3 Å². The van der Waals surface area contributed by atoms with E-state index in [2.05, 4.69) is 54.4 Å². The summed E-state index contributed by atoms with van der Waals surface area (Å²) in [4.78, 5) is 2.63. The van der Waals surface area contributed by atoms with Crippen molar-refractivity contribution in [3.63, 3.8) is 0 Å². The van der Waals surface area contributed by atoms with Crippen LogP contribution < -0.4 is 5.32 Å². The van der Waals surface area contributed by atoms with Crippen LogP contribution in [-0.2, 0) is 10.2 Å². The van der Waals surface area contributed by atoms with Crippen LogP contribution in [0.4, 0.5) is 5.69 Å². The van der Waals surface area contributed by atoms with Gasteiger partial charge in [-0.25, -0.2) is 0 Å². The summed E-state index contributed by atoms with van der Waals surface area (Å²) in [6.45, 7) is 5.80. The Morgan fingerprint density at radius 3 is 3.09 bits per heavy atom. The first-order valence-corrected chi connectivity index (χ1v) is 8.67. The van der Waals surface area contributed by atoms with Crippen LogP contribution >= 0.6 is 0 Å². The Balaban J connectivity index is 1.66. The summed E-state index contributed by atoms with van der Waals surface area (Å²) in [7, 11) is 0. The number of nitrogens with zero attached hydrogens (tertiary/aromatic N) is 1. The fourth-order valence-corrected chi connectivity index (χ4v) is 6.68. The number of nitrogens with one attached hydrogen (secondary N) is 1. The van der Waals surface area contributed by atoms with E-state index in [0.29, 0.717) is 18.2 Å². The van der Waals surface area contributed by atoms with E-state index in [1.165, 1.54) is 17.7 Å².